The third-order valence-electron chi connectivity index (χ3n) is 2.62. The van der Waals surface area contributed by atoms with E-state index >= 15 is 0 Å². The second-order valence-electron chi connectivity index (χ2n) is 4.66. The van der Waals surface area contributed by atoms with Crippen molar-refractivity contribution in [2.24, 2.45) is 5.73 Å². The van der Waals surface area contributed by atoms with Gasteiger partial charge in [-0.1, -0.05) is 5.16 Å². The summed E-state index contributed by atoms with van der Waals surface area (Å²) < 4.78 is 11.2. The number of fused-ring (bicyclic) bond motifs is 1. The highest BCUT2D eigenvalue weighted by Crippen LogP contribution is 2.47. The predicted molar refractivity (Wildman–Crippen MR) is 51.5 cm³/mol. The zero-order valence-corrected chi connectivity index (χ0v) is 9.05. The maximum Gasteiger partial charge on any atom is 0.174 e. The minimum absolute atomic E-state index is 0.354. The molecule has 0 amide bonds. The van der Waals surface area contributed by atoms with Crippen LogP contribution in [0.15, 0.2) is 4.52 Å². The van der Waals surface area contributed by atoms with Crippen molar-refractivity contribution in [2.75, 3.05) is 0 Å². The summed E-state index contributed by atoms with van der Waals surface area (Å²) in [7, 11) is 0. The molecular formula is C10H16N2O2. The van der Waals surface area contributed by atoms with Gasteiger partial charge in [0.2, 0.25) is 0 Å². The topological polar surface area (TPSA) is 61.3 Å². The van der Waals surface area contributed by atoms with Crippen molar-refractivity contribution in [1.29, 1.82) is 0 Å². The Labute approximate surface area is 83.4 Å². The van der Waals surface area contributed by atoms with Gasteiger partial charge in [-0.05, 0) is 27.7 Å². The first-order chi connectivity index (χ1) is 6.38. The molecule has 1 aromatic rings. The molecule has 0 spiro atoms. The van der Waals surface area contributed by atoms with Crippen molar-refractivity contribution in [3.05, 3.63) is 17.0 Å². The summed E-state index contributed by atoms with van der Waals surface area (Å²) in [5, 5.41) is 3.97. The average molecular weight is 196 g/mol. The van der Waals surface area contributed by atoms with Crippen LogP contribution in [-0.4, -0.2) is 5.16 Å². The largest absolute Gasteiger partial charge is 0.358 e. The fourth-order valence-electron chi connectivity index (χ4n) is 2.23. The molecule has 1 aromatic heterocycles. The summed E-state index contributed by atoms with van der Waals surface area (Å²) in [5.41, 5.74) is 6.66. The quantitative estimate of drug-likeness (QED) is 0.741. The van der Waals surface area contributed by atoms with Crippen LogP contribution in [0.4, 0.5) is 0 Å². The number of nitrogens with two attached hydrogens (primary N) is 1. The zero-order valence-electron chi connectivity index (χ0n) is 9.05. The fraction of sp³-hybridized carbons (Fsp3) is 0.700. The SMILES string of the molecule is CC1(C)OC(C)(C)c2c(CN)noc21. The molecule has 0 radical (unpaired) electrons. The average Bonchev–Trinajstić information content (AvgIpc) is 2.51. The summed E-state index contributed by atoms with van der Waals surface area (Å²) in [5.74, 6) is 0.808. The van der Waals surface area contributed by atoms with Crippen molar-refractivity contribution >= 4 is 0 Å². The third kappa shape index (κ3) is 1.11. The standard InChI is InChI=1S/C10H16N2O2/c1-9(2)7-6(5-11)12-13-8(7)10(3,4)14-9/h5,11H2,1-4H3. The van der Waals surface area contributed by atoms with Gasteiger partial charge in [0.15, 0.2) is 5.76 Å². The van der Waals surface area contributed by atoms with Gasteiger partial charge >= 0.3 is 0 Å². The van der Waals surface area contributed by atoms with Crippen LogP contribution in [0.25, 0.3) is 0 Å². The molecule has 0 aromatic carbocycles. The first-order valence-corrected chi connectivity index (χ1v) is 4.78. The lowest BCUT2D eigenvalue weighted by molar-refractivity contribution is -0.114. The molecule has 2 heterocycles. The van der Waals surface area contributed by atoms with Crippen LogP contribution in [0.2, 0.25) is 0 Å². The lowest BCUT2D eigenvalue weighted by atomic mass is 9.95. The van der Waals surface area contributed by atoms with Gasteiger partial charge in [-0.3, -0.25) is 0 Å². The van der Waals surface area contributed by atoms with Crippen LogP contribution < -0.4 is 5.73 Å². The molecule has 2 N–H and O–H groups in total. The first-order valence-electron chi connectivity index (χ1n) is 4.78. The van der Waals surface area contributed by atoms with E-state index in [-0.39, 0.29) is 5.60 Å². The van der Waals surface area contributed by atoms with Gasteiger partial charge in [0.1, 0.15) is 11.3 Å². The Morgan fingerprint density at radius 2 is 1.86 bits per heavy atom. The Hall–Kier alpha value is -0.870. The molecule has 4 heteroatoms. The lowest BCUT2D eigenvalue weighted by Crippen LogP contribution is -2.24. The molecule has 0 saturated carbocycles. The predicted octanol–water partition coefficient (Wildman–Crippen LogP) is 1.63. The van der Waals surface area contributed by atoms with E-state index in [1.807, 2.05) is 27.7 Å². The van der Waals surface area contributed by atoms with E-state index in [2.05, 4.69) is 5.16 Å². The molecule has 0 aliphatic carbocycles. The zero-order chi connectivity index (χ0) is 10.6. The maximum atomic E-state index is 5.90. The molecule has 0 atom stereocenters. The molecule has 1 aliphatic heterocycles. The maximum absolute atomic E-state index is 5.90. The molecule has 78 valence electrons. The number of rotatable bonds is 1. The van der Waals surface area contributed by atoms with Crippen LogP contribution in [0.5, 0.6) is 0 Å². The fourth-order valence-corrected chi connectivity index (χ4v) is 2.23. The smallest absolute Gasteiger partial charge is 0.174 e. The summed E-state index contributed by atoms with van der Waals surface area (Å²) in [6, 6.07) is 0. The second kappa shape index (κ2) is 2.58. The first kappa shape index (κ1) is 9.68. The Bertz CT molecular complexity index is 366. The van der Waals surface area contributed by atoms with Crippen molar-refractivity contribution in [1.82, 2.24) is 5.16 Å². The molecule has 0 unspecified atom stereocenters. The van der Waals surface area contributed by atoms with E-state index in [0.717, 1.165) is 17.0 Å². The summed E-state index contributed by atoms with van der Waals surface area (Å²) in [6.07, 6.45) is 0. The van der Waals surface area contributed by atoms with Gasteiger partial charge in [0.05, 0.1) is 11.2 Å². The number of aromatic nitrogens is 1. The Morgan fingerprint density at radius 3 is 2.43 bits per heavy atom. The number of ether oxygens (including phenoxy) is 1. The Kier molecular flexibility index (Phi) is 1.78. The molecule has 0 bridgehead atoms. The summed E-state index contributed by atoms with van der Waals surface area (Å²) in [4.78, 5) is 0. The van der Waals surface area contributed by atoms with Crippen LogP contribution >= 0.6 is 0 Å². The monoisotopic (exact) mass is 196 g/mol. The van der Waals surface area contributed by atoms with E-state index in [9.17, 15) is 0 Å². The van der Waals surface area contributed by atoms with Crippen molar-refractivity contribution < 1.29 is 9.26 Å². The van der Waals surface area contributed by atoms with Gasteiger partial charge in [-0.2, -0.15) is 0 Å². The van der Waals surface area contributed by atoms with E-state index < -0.39 is 5.60 Å². The van der Waals surface area contributed by atoms with Gasteiger partial charge in [-0.15, -0.1) is 0 Å². The molecule has 14 heavy (non-hydrogen) atoms. The Morgan fingerprint density at radius 1 is 1.21 bits per heavy atom. The van der Waals surface area contributed by atoms with Gasteiger partial charge < -0.3 is 15.0 Å². The highest BCUT2D eigenvalue weighted by molar-refractivity contribution is 5.36. The number of hydrogen-bond acceptors (Lipinski definition) is 4. The van der Waals surface area contributed by atoms with Gasteiger partial charge in [-0.25, -0.2) is 0 Å². The molecular weight excluding hydrogens is 180 g/mol. The second-order valence-corrected chi connectivity index (χ2v) is 4.66. The Balaban J connectivity index is 2.62. The van der Waals surface area contributed by atoms with Crippen molar-refractivity contribution in [2.45, 2.75) is 45.4 Å². The van der Waals surface area contributed by atoms with E-state index in [1.165, 1.54) is 0 Å². The summed E-state index contributed by atoms with van der Waals surface area (Å²) >= 11 is 0. The molecule has 4 nitrogen and oxygen atoms in total. The minimum atomic E-state index is -0.404. The number of nitrogens with zero attached hydrogens (tertiary/aromatic N) is 1. The summed E-state index contributed by atoms with van der Waals surface area (Å²) in [6.45, 7) is 8.37. The van der Waals surface area contributed by atoms with Crippen LogP contribution in [-0.2, 0) is 22.5 Å². The normalized spacial score (nSPS) is 22.4. The van der Waals surface area contributed by atoms with Crippen LogP contribution in [0.1, 0.15) is 44.7 Å². The van der Waals surface area contributed by atoms with Crippen molar-refractivity contribution in [3.63, 3.8) is 0 Å². The van der Waals surface area contributed by atoms with Gasteiger partial charge in [0.25, 0.3) is 0 Å². The minimum Gasteiger partial charge on any atom is -0.358 e. The van der Waals surface area contributed by atoms with Crippen LogP contribution in [0, 0.1) is 0 Å². The molecule has 0 fully saturated rings. The number of hydrogen-bond donors (Lipinski definition) is 1. The highest BCUT2D eigenvalue weighted by Gasteiger charge is 2.48. The highest BCUT2D eigenvalue weighted by atomic mass is 16.6. The van der Waals surface area contributed by atoms with Crippen LogP contribution in [0.3, 0.4) is 0 Å². The molecule has 0 saturated heterocycles. The molecule has 2 rings (SSSR count). The third-order valence-corrected chi connectivity index (χ3v) is 2.62. The lowest BCUT2D eigenvalue weighted by Gasteiger charge is -2.24. The van der Waals surface area contributed by atoms with Crippen molar-refractivity contribution in [3.8, 4) is 0 Å². The van der Waals surface area contributed by atoms with E-state index in [0.29, 0.717) is 6.54 Å². The molecule has 1 aliphatic rings. The van der Waals surface area contributed by atoms with Gasteiger partial charge in [0, 0.05) is 6.54 Å². The van der Waals surface area contributed by atoms with E-state index in [4.69, 9.17) is 15.0 Å². The van der Waals surface area contributed by atoms with E-state index in [1.54, 1.807) is 0 Å².